The third-order valence-electron chi connectivity index (χ3n) is 3.39. The molecule has 2 heteroatoms. The largest absolute Gasteiger partial charge is 0.303 e. The van der Waals surface area contributed by atoms with Gasteiger partial charge in [0, 0.05) is 12.0 Å². The molecule has 1 saturated heterocycles. The fraction of sp³-hybridized carbons (Fsp3) is 0.900. The summed E-state index contributed by atoms with van der Waals surface area (Å²) in [6, 6.07) is 0.717. The Morgan fingerprint density at radius 2 is 2.25 bits per heavy atom. The summed E-state index contributed by atoms with van der Waals surface area (Å²) in [6.07, 6.45) is 6.31. The summed E-state index contributed by atoms with van der Waals surface area (Å²) in [6.45, 7) is 1.23. The minimum atomic E-state index is 0.399. The number of hydrogen-bond acceptors (Lipinski definition) is 2. The van der Waals surface area contributed by atoms with Gasteiger partial charge in [-0.25, -0.2) is 0 Å². The minimum absolute atomic E-state index is 0.399. The monoisotopic (exact) mass is 167 g/mol. The molecule has 3 atom stereocenters. The van der Waals surface area contributed by atoms with Crippen LogP contribution in [-0.4, -0.2) is 30.8 Å². The molecule has 0 aromatic carbocycles. The van der Waals surface area contributed by atoms with Gasteiger partial charge in [0.1, 0.15) is 6.29 Å². The van der Waals surface area contributed by atoms with E-state index >= 15 is 0 Å². The zero-order valence-electron chi connectivity index (χ0n) is 7.70. The molecule has 1 aliphatic heterocycles. The molecule has 0 bridgehead atoms. The third-order valence-corrected chi connectivity index (χ3v) is 3.39. The second-order valence-corrected chi connectivity index (χ2v) is 4.24. The average Bonchev–Trinajstić information content (AvgIpc) is 2.84. The maximum atomic E-state index is 10.5. The second-order valence-electron chi connectivity index (χ2n) is 4.24. The lowest BCUT2D eigenvalue weighted by Crippen LogP contribution is -2.38. The number of carbonyl (C=O) groups excluding carboxylic acids is 1. The van der Waals surface area contributed by atoms with E-state index in [1.54, 1.807) is 0 Å². The van der Waals surface area contributed by atoms with Crippen LogP contribution in [0.25, 0.3) is 0 Å². The maximum Gasteiger partial charge on any atom is 0.123 e. The van der Waals surface area contributed by atoms with Gasteiger partial charge in [0.25, 0.3) is 0 Å². The Kier molecular flexibility index (Phi) is 2.18. The van der Waals surface area contributed by atoms with Crippen molar-refractivity contribution in [2.45, 2.75) is 31.7 Å². The normalized spacial score (nSPS) is 42.6. The number of hydrogen-bond donors (Lipinski definition) is 0. The van der Waals surface area contributed by atoms with Crippen molar-refractivity contribution in [1.29, 1.82) is 0 Å². The van der Waals surface area contributed by atoms with Crippen molar-refractivity contribution in [1.82, 2.24) is 4.90 Å². The van der Waals surface area contributed by atoms with Crippen LogP contribution < -0.4 is 0 Å². The molecule has 0 aromatic heterocycles. The fourth-order valence-corrected chi connectivity index (χ4v) is 2.48. The summed E-state index contributed by atoms with van der Waals surface area (Å²) >= 11 is 0. The van der Waals surface area contributed by atoms with Gasteiger partial charge in [0.05, 0.1) is 0 Å². The van der Waals surface area contributed by atoms with E-state index in [1.165, 1.54) is 25.8 Å². The van der Waals surface area contributed by atoms with E-state index in [0.29, 0.717) is 17.9 Å². The van der Waals surface area contributed by atoms with Gasteiger partial charge in [-0.1, -0.05) is 6.42 Å². The number of piperidine rings is 1. The molecule has 12 heavy (non-hydrogen) atoms. The molecule has 68 valence electrons. The Hall–Kier alpha value is -0.370. The molecule has 2 nitrogen and oxygen atoms in total. The predicted molar refractivity (Wildman–Crippen MR) is 47.9 cm³/mol. The first-order valence-corrected chi connectivity index (χ1v) is 4.98. The third kappa shape index (κ3) is 1.40. The molecular weight excluding hydrogens is 150 g/mol. The lowest BCUT2D eigenvalue weighted by Gasteiger charge is -2.32. The van der Waals surface area contributed by atoms with E-state index in [2.05, 4.69) is 11.9 Å². The van der Waals surface area contributed by atoms with E-state index in [4.69, 9.17) is 0 Å². The van der Waals surface area contributed by atoms with Gasteiger partial charge in [-0.2, -0.15) is 0 Å². The van der Waals surface area contributed by atoms with Gasteiger partial charge in [-0.15, -0.1) is 0 Å². The Morgan fingerprint density at radius 1 is 1.42 bits per heavy atom. The molecule has 1 saturated carbocycles. The van der Waals surface area contributed by atoms with Crippen LogP contribution in [0.1, 0.15) is 25.7 Å². The summed E-state index contributed by atoms with van der Waals surface area (Å²) in [7, 11) is 2.20. The van der Waals surface area contributed by atoms with Crippen LogP contribution in [0.3, 0.4) is 0 Å². The summed E-state index contributed by atoms with van der Waals surface area (Å²) in [5.41, 5.74) is 0. The summed E-state index contributed by atoms with van der Waals surface area (Å²) in [5.74, 6) is 1.10. The molecule has 2 aliphatic rings. The molecule has 2 fully saturated rings. The zero-order valence-corrected chi connectivity index (χ0v) is 7.70. The van der Waals surface area contributed by atoms with Gasteiger partial charge in [0.15, 0.2) is 0 Å². The Morgan fingerprint density at radius 3 is 2.83 bits per heavy atom. The van der Waals surface area contributed by atoms with Crippen molar-refractivity contribution >= 4 is 6.29 Å². The molecule has 0 N–H and O–H groups in total. The first-order chi connectivity index (χ1) is 5.83. The average molecular weight is 167 g/mol. The number of carbonyl (C=O) groups is 1. The van der Waals surface area contributed by atoms with Gasteiger partial charge >= 0.3 is 0 Å². The van der Waals surface area contributed by atoms with Crippen LogP contribution >= 0.6 is 0 Å². The Balaban J connectivity index is 1.90. The van der Waals surface area contributed by atoms with Crippen molar-refractivity contribution in [3.8, 4) is 0 Å². The van der Waals surface area contributed by atoms with Gasteiger partial charge < -0.3 is 9.69 Å². The molecule has 1 heterocycles. The highest BCUT2D eigenvalue weighted by Gasteiger charge is 2.44. The van der Waals surface area contributed by atoms with Crippen LogP contribution in [0.15, 0.2) is 0 Å². The fourth-order valence-electron chi connectivity index (χ4n) is 2.48. The maximum absolute atomic E-state index is 10.5. The molecule has 0 aromatic rings. The van der Waals surface area contributed by atoms with Crippen molar-refractivity contribution in [2.75, 3.05) is 13.6 Å². The molecule has 0 amide bonds. The van der Waals surface area contributed by atoms with Gasteiger partial charge in [-0.3, -0.25) is 0 Å². The SMILES string of the molecule is CN1CCCCC1C1CC1C=O. The van der Waals surface area contributed by atoms with E-state index in [0.717, 1.165) is 12.7 Å². The van der Waals surface area contributed by atoms with E-state index in [9.17, 15) is 4.79 Å². The summed E-state index contributed by atoms with van der Waals surface area (Å²) < 4.78 is 0. The molecule has 0 radical (unpaired) electrons. The zero-order chi connectivity index (χ0) is 8.55. The van der Waals surface area contributed by atoms with Crippen LogP contribution in [0.4, 0.5) is 0 Å². The van der Waals surface area contributed by atoms with Crippen molar-refractivity contribution in [2.24, 2.45) is 11.8 Å². The molecule has 2 rings (SSSR count). The standard InChI is InChI=1S/C10H17NO/c1-11-5-3-2-4-10(11)9-6-8(9)7-12/h7-10H,2-6H2,1H3. The van der Waals surface area contributed by atoms with Crippen LogP contribution in [-0.2, 0) is 4.79 Å². The Bertz CT molecular complexity index is 181. The highest BCUT2D eigenvalue weighted by molar-refractivity contribution is 5.58. The van der Waals surface area contributed by atoms with Crippen LogP contribution in [0.5, 0.6) is 0 Å². The lowest BCUT2D eigenvalue weighted by atomic mass is 9.98. The number of rotatable bonds is 2. The number of aldehydes is 1. The first-order valence-electron chi connectivity index (χ1n) is 4.98. The minimum Gasteiger partial charge on any atom is -0.303 e. The van der Waals surface area contributed by atoms with Crippen LogP contribution in [0, 0.1) is 11.8 Å². The van der Waals surface area contributed by atoms with E-state index in [-0.39, 0.29) is 0 Å². The molecule has 0 spiro atoms. The van der Waals surface area contributed by atoms with Crippen molar-refractivity contribution < 1.29 is 4.79 Å². The molecular formula is C10H17NO. The molecule has 3 unspecified atom stereocenters. The quantitative estimate of drug-likeness (QED) is 0.578. The number of nitrogens with zero attached hydrogens (tertiary/aromatic N) is 1. The van der Waals surface area contributed by atoms with Gasteiger partial charge in [0.2, 0.25) is 0 Å². The highest BCUT2D eigenvalue weighted by Crippen LogP contribution is 2.43. The van der Waals surface area contributed by atoms with Crippen molar-refractivity contribution in [3.05, 3.63) is 0 Å². The predicted octanol–water partition coefficient (Wildman–Crippen LogP) is 1.31. The number of likely N-dealkylation sites (tertiary alicyclic amines) is 1. The lowest BCUT2D eigenvalue weighted by molar-refractivity contribution is -0.109. The summed E-state index contributed by atoms with van der Waals surface area (Å²) in [4.78, 5) is 13.0. The van der Waals surface area contributed by atoms with Crippen molar-refractivity contribution in [3.63, 3.8) is 0 Å². The molecule has 1 aliphatic carbocycles. The Labute approximate surface area is 73.9 Å². The second kappa shape index (κ2) is 3.17. The van der Waals surface area contributed by atoms with E-state index in [1.807, 2.05) is 0 Å². The highest BCUT2D eigenvalue weighted by atomic mass is 16.1. The van der Waals surface area contributed by atoms with E-state index < -0.39 is 0 Å². The van der Waals surface area contributed by atoms with Gasteiger partial charge in [-0.05, 0) is 38.8 Å². The smallest absolute Gasteiger partial charge is 0.123 e. The topological polar surface area (TPSA) is 20.3 Å². The van der Waals surface area contributed by atoms with Crippen LogP contribution in [0.2, 0.25) is 0 Å². The first kappa shape index (κ1) is 8.24. The summed E-state index contributed by atoms with van der Waals surface area (Å²) in [5, 5.41) is 0.